The highest BCUT2D eigenvalue weighted by Crippen LogP contribution is 2.25. The summed E-state index contributed by atoms with van der Waals surface area (Å²) >= 11 is 0. The minimum absolute atomic E-state index is 0.0882. The van der Waals surface area contributed by atoms with Gasteiger partial charge in [0.1, 0.15) is 5.76 Å². The first-order valence-corrected chi connectivity index (χ1v) is 9.47. The monoisotopic (exact) mass is 372 g/mol. The van der Waals surface area contributed by atoms with Gasteiger partial charge in [-0.3, -0.25) is 4.79 Å². The Morgan fingerprint density at radius 3 is 2.52 bits per heavy atom. The number of aromatic nitrogens is 1. The van der Waals surface area contributed by atoms with E-state index >= 15 is 0 Å². The van der Waals surface area contributed by atoms with Crippen LogP contribution in [0, 0.1) is 6.92 Å². The number of benzene rings is 1. The molecule has 0 bridgehead atoms. The van der Waals surface area contributed by atoms with Crippen LogP contribution < -0.4 is 5.32 Å². The molecular formula is C21H28N2O4. The van der Waals surface area contributed by atoms with Crippen molar-refractivity contribution < 1.29 is 18.7 Å². The summed E-state index contributed by atoms with van der Waals surface area (Å²) in [6.45, 7) is 9.75. The molecule has 1 N–H and O–H groups in total. The van der Waals surface area contributed by atoms with Crippen LogP contribution >= 0.6 is 0 Å². The molecule has 0 aliphatic carbocycles. The Bertz CT molecular complexity index is 774. The van der Waals surface area contributed by atoms with Gasteiger partial charge in [-0.1, -0.05) is 26.0 Å². The van der Waals surface area contributed by atoms with Crippen molar-refractivity contribution in [2.45, 2.75) is 52.2 Å². The number of hydrogen-bond donors (Lipinski definition) is 1. The first-order valence-electron chi connectivity index (χ1n) is 9.47. The Morgan fingerprint density at radius 1 is 1.22 bits per heavy atom. The fourth-order valence-corrected chi connectivity index (χ4v) is 3.07. The maximum absolute atomic E-state index is 12.2. The molecule has 6 heteroatoms. The lowest BCUT2D eigenvalue weighted by molar-refractivity contribution is -0.146. The fourth-order valence-electron chi connectivity index (χ4n) is 3.07. The topological polar surface area (TPSA) is 73.6 Å². The molecule has 1 amide bonds. The maximum atomic E-state index is 12.2. The van der Waals surface area contributed by atoms with Gasteiger partial charge in [-0.2, -0.15) is 0 Å². The quantitative estimate of drug-likeness (QED) is 0.804. The third-order valence-corrected chi connectivity index (χ3v) is 4.84. The number of amides is 1. The molecule has 1 aromatic heterocycles. The van der Waals surface area contributed by atoms with Crippen LogP contribution in [0.1, 0.15) is 50.1 Å². The average Bonchev–Trinajstić information content (AvgIpc) is 3.21. The Labute approximate surface area is 160 Å². The van der Waals surface area contributed by atoms with Crippen molar-refractivity contribution in [3.63, 3.8) is 0 Å². The summed E-state index contributed by atoms with van der Waals surface area (Å²) in [4.78, 5) is 16.8. The third kappa shape index (κ3) is 4.96. The normalized spacial score (nSPS) is 16.0. The highest BCUT2D eigenvalue weighted by Gasteiger charge is 2.30. The number of nitrogens with zero attached hydrogens (tertiary/aromatic N) is 1. The molecular weight excluding hydrogens is 344 g/mol. The number of carbonyl (C=O) groups is 1. The first-order chi connectivity index (χ1) is 12.9. The standard InChI is InChI=1S/C21H28N2O4/c1-14(2)16-5-7-17(8-6-16)20-23-18(15(3)27-20)13-19(24)22-10-9-21(4)25-11-12-26-21/h5-8,14H,9-13H2,1-4H3,(H,22,24). The molecule has 0 radical (unpaired) electrons. The van der Waals surface area contributed by atoms with E-state index in [4.69, 9.17) is 13.9 Å². The highest BCUT2D eigenvalue weighted by atomic mass is 16.7. The zero-order valence-corrected chi connectivity index (χ0v) is 16.5. The molecule has 1 fully saturated rings. The van der Waals surface area contributed by atoms with Gasteiger partial charge in [0.25, 0.3) is 0 Å². The summed E-state index contributed by atoms with van der Waals surface area (Å²) in [6, 6.07) is 8.18. The van der Waals surface area contributed by atoms with E-state index in [1.54, 1.807) is 0 Å². The molecule has 2 heterocycles. The van der Waals surface area contributed by atoms with Crippen LogP contribution in [0.4, 0.5) is 0 Å². The van der Waals surface area contributed by atoms with Crippen LogP contribution in [0.15, 0.2) is 28.7 Å². The zero-order chi connectivity index (χ0) is 19.4. The number of ether oxygens (including phenoxy) is 2. The van der Waals surface area contributed by atoms with E-state index in [1.165, 1.54) is 5.56 Å². The number of aryl methyl sites for hydroxylation is 1. The molecule has 2 aromatic rings. The van der Waals surface area contributed by atoms with E-state index in [2.05, 4.69) is 36.3 Å². The highest BCUT2D eigenvalue weighted by molar-refractivity contribution is 5.78. The van der Waals surface area contributed by atoms with Crippen LogP contribution in [0.25, 0.3) is 11.5 Å². The van der Waals surface area contributed by atoms with Crippen molar-refractivity contribution in [1.82, 2.24) is 10.3 Å². The SMILES string of the molecule is Cc1oc(-c2ccc(C(C)C)cc2)nc1CC(=O)NCCC1(C)OCCO1. The van der Waals surface area contributed by atoms with Crippen LogP contribution in [0.2, 0.25) is 0 Å². The minimum Gasteiger partial charge on any atom is -0.441 e. The van der Waals surface area contributed by atoms with Crippen molar-refractivity contribution in [3.05, 3.63) is 41.3 Å². The molecule has 1 aliphatic heterocycles. The molecule has 1 aliphatic rings. The van der Waals surface area contributed by atoms with Crippen molar-refractivity contribution in [2.75, 3.05) is 19.8 Å². The molecule has 0 spiro atoms. The van der Waals surface area contributed by atoms with E-state index < -0.39 is 5.79 Å². The van der Waals surface area contributed by atoms with Gasteiger partial charge in [0, 0.05) is 18.5 Å². The number of carbonyl (C=O) groups excluding carboxylic acids is 1. The summed E-state index contributed by atoms with van der Waals surface area (Å²) in [5.41, 5.74) is 2.85. The van der Waals surface area contributed by atoms with Gasteiger partial charge in [-0.05, 0) is 37.5 Å². The smallest absolute Gasteiger partial charge is 0.226 e. The van der Waals surface area contributed by atoms with Gasteiger partial charge in [0.2, 0.25) is 11.8 Å². The molecule has 0 atom stereocenters. The number of rotatable bonds is 7. The first kappa shape index (κ1) is 19.6. The van der Waals surface area contributed by atoms with Crippen LogP contribution in [-0.2, 0) is 20.7 Å². The van der Waals surface area contributed by atoms with Gasteiger partial charge in [0.05, 0.1) is 25.3 Å². The van der Waals surface area contributed by atoms with Gasteiger partial charge in [-0.25, -0.2) is 4.98 Å². The summed E-state index contributed by atoms with van der Waals surface area (Å²) in [5.74, 6) is 1.02. The zero-order valence-electron chi connectivity index (χ0n) is 16.5. The second kappa shape index (κ2) is 8.23. The molecule has 0 saturated carbocycles. The van der Waals surface area contributed by atoms with Crippen molar-refractivity contribution in [3.8, 4) is 11.5 Å². The van der Waals surface area contributed by atoms with Crippen molar-refractivity contribution >= 4 is 5.91 Å². The molecule has 3 rings (SSSR count). The summed E-state index contributed by atoms with van der Waals surface area (Å²) < 4.78 is 16.8. The predicted molar refractivity (Wildman–Crippen MR) is 102 cm³/mol. The van der Waals surface area contributed by atoms with E-state index in [0.717, 1.165) is 5.56 Å². The van der Waals surface area contributed by atoms with Crippen LogP contribution in [0.3, 0.4) is 0 Å². The van der Waals surface area contributed by atoms with Gasteiger partial charge in [0.15, 0.2) is 5.79 Å². The molecule has 1 aromatic carbocycles. The molecule has 6 nitrogen and oxygen atoms in total. The predicted octanol–water partition coefficient (Wildman–Crippen LogP) is 3.59. The maximum Gasteiger partial charge on any atom is 0.226 e. The van der Waals surface area contributed by atoms with Crippen LogP contribution in [0.5, 0.6) is 0 Å². The number of oxazole rings is 1. The number of nitrogens with one attached hydrogen (secondary N) is 1. The molecule has 1 saturated heterocycles. The second-order valence-electron chi connectivity index (χ2n) is 7.41. The van der Waals surface area contributed by atoms with Crippen molar-refractivity contribution in [2.24, 2.45) is 0 Å². The van der Waals surface area contributed by atoms with Gasteiger partial charge < -0.3 is 19.2 Å². The summed E-state index contributed by atoms with van der Waals surface area (Å²) in [5, 5.41) is 2.90. The third-order valence-electron chi connectivity index (χ3n) is 4.84. The average molecular weight is 372 g/mol. The van der Waals surface area contributed by atoms with Gasteiger partial charge in [-0.15, -0.1) is 0 Å². The van der Waals surface area contributed by atoms with E-state index in [1.807, 2.05) is 26.0 Å². The lowest BCUT2D eigenvalue weighted by atomic mass is 10.0. The Balaban J connectivity index is 1.56. The Morgan fingerprint density at radius 2 is 1.89 bits per heavy atom. The van der Waals surface area contributed by atoms with Crippen LogP contribution in [-0.4, -0.2) is 36.4 Å². The Kier molecular flexibility index (Phi) is 5.97. The van der Waals surface area contributed by atoms with E-state index in [0.29, 0.717) is 49.4 Å². The Hall–Kier alpha value is -2.18. The lowest BCUT2D eigenvalue weighted by Gasteiger charge is -2.22. The molecule has 27 heavy (non-hydrogen) atoms. The second-order valence-corrected chi connectivity index (χ2v) is 7.41. The lowest BCUT2D eigenvalue weighted by Crippen LogP contribution is -2.34. The molecule has 146 valence electrons. The number of hydrogen-bond acceptors (Lipinski definition) is 5. The van der Waals surface area contributed by atoms with Gasteiger partial charge >= 0.3 is 0 Å². The molecule has 0 unspecified atom stereocenters. The largest absolute Gasteiger partial charge is 0.441 e. The fraction of sp³-hybridized carbons (Fsp3) is 0.524. The van der Waals surface area contributed by atoms with E-state index in [-0.39, 0.29) is 12.3 Å². The minimum atomic E-state index is -0.591. The van der Waals surface area contributed by atoms with E-state index in [9.17, 15) is 4.79 Å². The van der Waals surface area contributed by atoms with Crippen molar-refractivity contribution in [1.29, 1.82) is 0 Å². The summed E-state index contributed by atoms with van der Waals surface area (Å²) in [7, 11) is 0. The summed E-state index contributed by atoms with van der Waals surface area (Å²) in [6.07, 6.45) is 0.807.